The highest BCUT2D eigenvalue weighted by molar-refractivity contribution is 5.78. The Morgan fingerprint density at radius 2 is 2.17 bits per heavy atom. The fraction of sp³-hybridized carbons (Fsp3) is 0.455. The van der Waals surface area contributed by atoms with E-state index in [0.717, 1.165) is 49.6 Å². The van der Waals surface area contributed by atoms with Gasteiger partial charge in [0.1, 0.15) is 5.82 Å². The summed E-state index contributed by atoms with van der Waals surface area (Å²) in [6.07, 6.45) is 2.74. The maximum atomic E-state index is 12.1. The van der Waals surface area contributed by atoms with Crippen LogP contribution in [-0.2, 0) is 11.2 Å². The molecule has 8 heteroatoms. The first-order valence-corrected chi connectivity index (χ1v) is 10.3. The summed E-state index contributed by atoms with van der Waals surface area (Å²) in [5.74, 6) is 1.42. The van der Waals surface area contributed by atoms with E-state index in [4.69, 9.17) is 10.2 Å². The molecule has 2 aromatic rings. The van der Waals surface area contributed by atoms with Gasteiger partial charge in [-0.3, -0.25) is 4.79 Å². The summed E-state index contributed by atoms with van der Waals surface area (Å²) in [6, 6.07) is 11.6. The molecular formula is C22H29N7O. The summed E-state index contributed by atoms with van der Waals surface area (Å²) in [5.41, 5.74) is 2.34. The molecule has 1 fully saturated rings. The third kappa shape index (κ3) is 5.91. The minimum atomic E-state index is 0.0425. The van der Waals surface area contributed by atoms with Gasteiger partial charge in [0.15, 0.2) is 0 Å². The Kier molecular flexibility index (Phi) is 7.20. The Hall–Kier alpha value is -3.18. The van der Waals surface area contributed by atoms with Crippen LogP contribution in [0.25, 0.3) is 0 Å². The molecule has 1 aliphatic heterocycles. The summed E-state index contributed by atoms with van der Waals surface area (Å²) >= 11 is 0. The van der Waals surface area contributed by atoms with E-state index < -0.39 is 0 Å². The van der Waals surface area contributed by atoms with Gasteiger partial charge in [-0.15, -0.1) is 0 Å². The number of hydrogen-bond acceptors (Lipinski definition) is 7. The number of nitrogens with one attached hydrogen (secondary N) is 2. The van der Waals surface area contributed by atoms with Crippen LogP contribution in [0, 0.1) is 11.3 Å². The van der Waals surface area contributed by atoms with E-state index in [-0.39, 0.29) is 11.9 Å². The lowest BCUT2D eigenvalue weighted by Crippen LogP contribution is -2.41. The number of anilines is 3. The minimum absolute atomic E-state index is 0.0425. The van der Waals surface area contributed by atoms with Crippen LogP contribution >= 0.6 is 0 Å². The molecule has 1 saturated heterocycles. The topological polar surface area (TPSA) is 97.2 Å². The van der Waals surface area contributed by atoms with Gasteiger partial charge in [0.2, 0.25) is 11.9 Å². The van der Waals surface area contributed by atoms with Crippen LogP contribution in [0.4, 0.5) is 17.5 Å². The largest absolute Gasteiger partial charge is 0.354 e. The van der Waals surface area contributed by atoms with E-state index in [2.05, 4.69) is 33.5 Å². The zero-order valence-electron chi connectivity index (χ0n) is 17.9. The maximum absolute atomic E-state index is 12.1. The van der Waals surface area contributed by atoms with E-state index in [1.807, 2.05) is 37.2 Å². The third-order valence-electron chi connectivity index (χ3n) is 4.86. The lowest BCUT2D eigenvalue weighted by atomic mass is 10.2. The zero-order chi connectivity index (χ0) is 21.5. The molecule has 30 heavy (non-hydrogen) atoms. The molecule has 0 aliphatic carbocycles. The highest BCUT2D eigenvalue weighted by Crippen LogP contribution is 2.23. The van der Waals surface area contributed by atoms with Crippen molar-refractivity contribution < 1.29 is 4.79 Å². The van der Waals surface area contributed by atoms with Gasteiger partial charge < -0.3 is 20.4 Å². The summed E-state index contributed by atoms with van der Waals surface area (Å²) in [5, 5.41) is 15.5. The van der Waals surface area contributed by atoms with Crippen molar-refractivity contribution in [3.05, 3.63) is 41.6 Å². The monoisotopic (exact) mass is 407 g/mol. The number of likely N-dealkylation sites (N-methyl/N-ethyl adjacent to an activating group) is 1. The molecule has 0 spiro atoms. The van der Waals surface area contributed by atoms with Gasteiger partial charge in [0.05, 0.1) is 18.2 Å². The van der Waals surface area contributed by atoms with Gasteiger partial charge >= 0.3 is 0 Å². The van der Waals surface area contributed by atoms with Crippen molar-refractivity contribution in [3.63, 3.8) is 0 Å². The van der Waals surface area contributed by atoms with Crippen molar-refractivity contribution in [1.82, 2.24) is 20.2 Å². The number of rotatable bonds is 8. The summed E-state index contributed by atoms with van der Waals surface area (Å²) in [6.45, 7) is 4.07. The van der Waals surface area contributed by atoms with Gasteiger partial charge in [-0.1, -0.05) is 19.4 Å². The highest BCUT2D eigenvalue weighted by Gasteiger charge is 2.25. The average Bonchev–Trinajstić information content (AvgIpc) is 3.16. The molecule has 1 atom stereocenters. The molecule has 8 nitrogen and oxygen atoms in total. The van der Waals surface area contributed by atoms with Crippen LogP contribution in [0.2, 0.25) is 0 Å². The second kappa shape index (κ2) is 10.0. The molecule has 0 unspecified atom stereocenters. The van der Waals surface area contributed by atoms with Crippen LogP contribution in [0.1, 0.15) is 31.0 Å². The maximum Gasteiger partial charge on any atom is 0.234 e. The fourth-order valence-electron chi connectivity index (χ4n) is 3.53. The van der Waals surface area contributed by atoms with Crippen molar-refractivity contribution in [1.29, 1.82) is 5.26 Å². The molecule has 1 aliphatic rings. The van der Waals surface area contributed by atoms with Gasteiger partial charge in [0.25, 0.3) is 0 Å². The molecule has 2 N–H and O–H groups in total. The van der Waals surface area contributed by atoms with Crippen molar-refractivity contribution in [2.45, 2.75) is 32.2 Å². The number of hydrogen-bond donors (Lipinski definition) is 2. The van der Waals surface area contributed by atoms with E-state index in [9.17, 15) is 4.79 Å². The first-order valence-electron chi connectivity index (χ1n) is 10.3. The molecule has 0 bridgehead atoms. The van der Waals surface area contributed by atoms with Gasteiger partial charge in [-0.25, -0.2) is 4.98 Å². The Labute approximate surface area is 177 Å². The Morgan fingerprint density at radius 1 is 1.33 bits per heavy atom. The number of carbonyl (C=O) groups is 1. The average molecular weight is 408 g/mol. The first-order chi connectivity index (χ1) is 14.5. The second-order valence-electron chi connectivity index (χ2n) is 7.85. The number of amides is 1. The second-order valence-corrected chi connectivity index (χ2v) is 7.85. The Morgan fingerprint density at radius 3 is 2.90 bits per heavy atom. The van der Waals surface area contributed by atoms with Crippen molar-refractivity contribution in [2.24, 2.45) is 0 Å². The number of aryl methyl sites for hydroxylation is 1. The molecule has 0 saturated carbocycles. The predicted octanol–water partition coefficient (Wildman–Crippen LogP) is 2.30. The third-order valence-corrected chi connectivity index (χ3v) is 4.86. The molecule has 3 rings (SSSR count). The van der Waals surface area contributed by atoms with Crippen molar-refractivity contribution in [3.8, 4) is 6.07 Å². The smallest absolute Gasteiger partial charge is 0.234 e. The molecular weight excluding hydrogens is 378 g/mol. The van der Waals surface area contributed by atoms with Crippen LogP contribution in [0.3, 0.4) is 0 Å². The van der Waals surface area contributed by atoms with Crippen molar-refractivity contribution in [2.75, 3.05) is 43.9 Å². The van der Waals surface area contributed by atoms with Gasteiger partial charge in [-0.05, 0) is 45.1 Å². The highest BCUT2D eigenvalue weighted by atomic mass is 16.2. The Balaban J connectivity index is 1.74. The Bertz CT molecular complexity index is 922. The van der Waals surface area contributed by atoms with Crippen LogP contribution in [-0.4, -0.2) is 60.5 Å². The van der Waals surface area contributed by atoms with Crippen LogP contribution in [0.15, 0.2) is 30.3 Å². The lowest BCUT2D eigenvalue weighted by molar-refractivity contribution is -0.122. The zero-order valence-corrected chi connectivity index (χ0v) is 17.9. The van der Waals surface area contributed by atoms with Gasteiger partial charge in [-0.2, -0.15) is 10.2 Å². The SMILES string of the molecule is CCCc1cc(N2CC[C@H](NC(=O)CN(C)C)C2)nc(Nc2cccc(C#N)c2)n1. The molecule has 1 aromatic heterocycles. The van der Waals surface area contributed by atoms with E-state index in [0.29, 0.717) is 18.1 Å². The molecule has 1 aromatic carbocycles. The quantitative estimate of drug-likeness (QED) is 0.693. The van der Waals surface area contributed by atoms with Crippen LogP contribution < -0.4 is 15.5 Å². The summed E-state index contributed by atoms with van der Waals surface area (Å²) in [4.78, 5) is 25.5. The summed E-state index contributed by atoms with van der Waals surface area (Å²) in [7, 11) is 3.77. The molecule has 1 amide bonds. The number of carbonyl (C=O) groups excluding carboxylic acids is 1. The van der Waals surface area contributed by atoms with E-state index in [1.54, 1.807) is 12.1 Å². The predicted molar refractivity (Wildman–Crippen MR) is 118 cm³/mol. The van der Waals surface area contributed by atoms with Crippen LogP contribution in [0.5, 0.6) is 0 Å². The normalized spacial score (nSPS) is 15.8. The standard InChI is InChI=1S/C22H29N7O/c1-4-6-17-12-20(29-10-9-19(14-29)24-21(30)15-28(2)3)27-22(25-17)26-18-8-5-7-16(11-18)13-23/h5,7-8,11-12,19H,4,6,9-10,14-15H2,1-3H3,(H,24,30)(H,25,26,27)/t19-/m0/s1. The number of aromatic nitrogens is 2. The molecule has 158 valence electrons. The summed E-state index contributed by atoms with van der Waals surface area (Å²) < 4.78 is 0. The fourth-order valence-corrected chi connectivity index (χ4v) is 3.53. The van der Waals surface area contributed by atoms with Crippen molar-refractivity contribution >= 4 is 23.4 Å². The number of nitriles is 1. The molecule has 0 radical (unpaired) electrons. The number of benzene rings is 1. The van der Waals surface area contributed by atoms with Gasteiger partial charge in [0, 0.05) is 36.6 Å². The first kappa shape index (κ1) is 21.5. The minimum Gasteiger partial charge on any atom is -0.354 e. The van der Waals surface area contributed by atoms with E-state index >= 15 is 0 Å². The molecule has 2 heterocycles. The lowest BCUT2D eigenvalue weighted by Gasteiger charge is -2.20. The number of nitrogens with zero attached hydrogens (tertiary/aromatic N) is 5. The van der Waals surface area contributed by atoms with E-state index in [1.165, 1.54) is 0 Å².